The van der Waals surface area contributed by atoms with Crippen LogP contribution in [0, 0.1) is 0 Å². The Morgan fingerprint density at radius 1 is 1.27 bits per heavy atom. The molecule has 66 valence electrons. The van der Waals surface area contributed by atoms with Gasteiger partial charge in [0.25, 0.3) is 0 Å². The lowest BCUT2D eigenvalue weighted by molar-refractivity contribution is 0.307. The predicted molar refractivity (Wildman–Crippen MR) is 46.6 cm³/mol. The molecule has 7 heteroatoms. The molecule has 7 N–H and O–H groups in total. The number of halogens is 1. The minimum absolute atomic E-state index is 0. The minimum Gasteiger partial charge on any atom is -0.394 e. The molecule has 0 heterocycles. The number of rotatable bonds is 2. The summed E-state index contributed by atoms with van der Waals surface area (Å²) in [6.07, 6.45) is 0. The molecule has 0 spiro atoms. The van der Waals surface area contributed by atoms with Crippen molar-refractivity contribution >= 4 is 24.3 Å². The van der Waals surface area contributed by atoms with E-state index in [0.717, 1.165) is 0 Å². The van der Waals surface area contributed by atoms with Crippen molar-refractivity contribution in [2.75, 3.05) is 13.2 Å². The summed E-state index contributed by atoms with van der Waals surface area (Å²) in [6.45, 7) is 0.142. The molecule has 0 aliphatic rings. The predicted octanol–water partition coefficient (Wildman–Crippen LogP) is -2.01. The van der Waals surface area contributed by atoms with Crippen molar-refractivity contribution in [3.63, 3.8) is 0 Å². The van der Waals surface area contributed by atoms with Crippen LogP contribution in [0.3, 0.4) is 0 Å². The average Bonchev–Trinajstić information content (AvgIpc) is 1.82. The van der Waals surface area contributed by atoms with Gasteiger partial charge in [-0.15, -0.1) is 12.4 Å². The lowest BCUT2D eigenvalue weighted by atomic mass is 10.7. The maximum absolute atomic E-state index is 8.28. The van der Waals surface area contributed by atoms with Crippen molar-refractivity contribution in [1.82, 2.24) is 0 Å². The maximum atomic E-state index is 8.28. The molecule has 0 unspecified atom stereocenters. The molecule has 0 fully saturated rings. The molecule has 0 aromatic heterocycles. The second-order valence-electron chi connectivity index (χ2n) is 1.50. The fourth-order valence-electron chi connectivity index (χ4n) is 0.332. The summed E-state index contributed by atoms with van der Waals surface area (Å²) >= 11 is 0. The van der Waals surface area contributed by atoms with E-state index >= 15 is 0 Å². The zero-order valence-corrected chi connectivity index (χ0v) is 6.71. The van der Waals surface area contributed by atoms with Crippen molar-refractivity contribution in [1.29, 1.82) is 0 Å². The standard InChI is InChI=1S/C4H11N5O.ClH/c5-3(6)9-4(7)8-1-2-10;/h10H,1-2H2,(H6,5,6,7,8,9);1H. The van der Waals surface area contributed by atoms with E-state index in [-0.39, 0.29) is 37.5 Å². The largest absolute Gasteiger partial charge is 0.394 e. The third kappa shape index (κ3) is 8.99. The molecular formula is C4H12ClN5O. The minimum atomic E-state index is -0.140. The number of nitrogens with zero attached hydrogens (tertiary/aromatic N) is 2. The van der Waals surface area contributed by atoms with Gasteiger partial charge in [0.15, 0.2) is 5.96 Å². The Hall–Kier alpha value is -1.01. The average molecular weight is 182 g/mol. The smallest absolute Gasteiger partial charge is 0.218 e. The van der Waals surface area contributed by atoms with Gasteiger partial charge < -0.3 is 22.3 Å². The normalized spacial score (nSPS) is 10.1. The number of hydrogen-bond donors (Lipinski definition) is 4. The molecule has 0 atom stereocenters. The molecule has 0 rings (SSSR count). The number of guanidine groups is 2. The molecule has 11 heavy (non-hydrogen) atoms. The molecule has 0 aromatic rings. The SMILES string of the molecule is Cl.NC(N)=NC(N)=NCCO. The molecule has 0 radical (unpaired) electrons. The fraction of sp³-hybridized carbons (Fsp3) is 0.500. The van der Waals surface area contributed by atoms with Crippen LogP contribution in [0.1, 0.15) is 0 Å². The molecule has 0 aliphatic heterocycles. The van der Waals surface area contributed by atoms with Crippen LogP contribution in [0.5, 0.6) is 0 Å². The topological polar surface area (TPSA) is 123 Å². The van der Waals surface area contributed by atoms with Crippen LogP contribution in [0.25, 0.3) is 0 Å². The first-order chi connectivity index (χ1) is 4.66. The summed E-state index contributed by atoms with van der Waals surface area (Å²) in [6, 6.07) is 0. The van der Waals surface area contributed by atoms with Crippen LogP contribution in [-0.2, 0) is 0 Å². The van der Waals surface area contributed by atoms with Crippen molar-refractivity contribution in [2.45, 2.75) is 0 Å². The Morgan fingerprint density at radius 3 is 2.18 bits per heavy atom. The summed E-state index contributed by atoms with van der Waals surface area (Å²) < 4.78 is 0. The third-order valence-electron chi connectivity index (χ3n) is 0.617. The molecule has 0 saturated heterocycles. The van der Waals surface area contributed by atoms with E-state index in [0.29, 0.717) is 0 Å². The number of aliphatic hydroxyl groups excluding tert-OH is 1. The van der Waals surface area contributed by atoms with E-state index < -0.39 is 0 Å². The van der Waals surface area contributed by atoms with E-state index in [1.807, 2.05) is 0 Å². The number of aliphatic hydroxyl groups is 1. The van der Waals surface area contributed by atoms with E-state index in [4.69, 9.17) is 22.3 Å². The Labute approximate surface area is 70.6 Å². The van der Waals surface area contributed by atoms with Gasteiger partial charge in [0.1, 0.15) is 0 Å². The molecule has 0 aromatic carbocycles. The van der Waals surface area contributed by atoms with Gasteiger partial charge in [0, 0.05) is 0 Å². The first kappa shape index (κ1) is 12.6. The highest BCUT2D eigenvalue weighted by atomic mass is 35.5. The summed E-state index contributed by atoms with van der Waals surface area (Å²) in [5.41, 5.74) is 15.1. The molecule has 6 nitrogen and oxygen atoms in total. The highest BCUT2D eigenvalue weighted by Gasteiger charge is 1.85. The van der Waals surface area contributed by atoms with E-state index in [9.17, 15) is 0 Å². The van der Waals surface area contributed by atoms with Crippen LogP contribution in [-0.4, -0.2) is 30.2 Å². The van der Waals surface area contributed by atoms with Gasteiger partial charge in [-0.25, -0.2) is 4.99 Å². The molecule has 0 aliphatic carbocycles. The van der Waals surface area contributed by atoms with Crippen molar-refractivity contribution in [3.05, 3.63) is 0 Å². The Morgan fingerprint density at radius 2 is 1.82 bits per heavy atom. The van der Waals surface area contributed by atoms with Crippen molar-refractivity contribution < 1.29 is 5.11 Å². The van der Waals surface area contributed by atoms with Crippen LogP contribution >= 0.6 is 12.4 Å². The van der Waals surface area contributed by atoms with E-state index in [1.54, 1.807) is 0 Å². The third-order valence-corrected chi connectivity index (χ3v) is 0.617. The lowest BCUT2D eigenvalue weighted by Gasteiger charge is -1.91. The van der Waals surface area contributed by atoms with Gasteiger partial charge in [-0.05, 0) is 0 Å². The Balaban J connectivity index is 0. The summed E-state index contributed by atoms with van der Waals surface area (Å²) in [4.78, 5) is 6.98. The summed E-state index contributed by atoms with van der Waals surface area (Å²) in [7, 11) is 0. The Bertz CT molecular complexity index is 153. The molecule has 0 bridgehead atoms. The van der Waals surface area contributed by atoms with Gasteiger partial charge in [-0.3, -0.25) is 0 Å². The van der Waals surface area contributed by atoms with Gasteiger partial charge >= 0.3 is 0 Å². The number of aliphatic imine (C=N–C) groups is 2. The molecule has 0 amide bonds. The van der Waals surface area contributed by atoms with E-state index in [2.05, 4.69) is 9.98 Å². The molecule has 0 saturated carbocycles. The first-order valence-electron chi connectivity index (χ1n) is 2.67. The second kappa shape index (κ2) is 7.10. The summed E-state index contributed by atoms with van der Waals surface area (Å²) in [5, 5.41) is 8.28. The number of hydrogen-bond acceptors (Lipinski definition) is 2. The maximum Gasteiger partial charge on any atom is 0.218 e. The van der Waals surface area contributed by atoms with Crippen LogP contribution in [0.4, 0.5) is 0 Å². The van der Waals surface area contributed by atoms with Crippen LogP contribution in [0.2, 0.25) is 0 Å². The second-order valence-corrected chi connectivity index (χ2v) is 1.50. The van der Waals surface area contributed by atoms with Gasteiger partial charge in [0.05, 0.1) is 13.2 Å². The zero-order valence-electron chi connectivity index (χ0n) is 5.90. The highest BCUT2D eigenvalue weighted by Crippen LogP contribution is 1.71. The van der Waals surface area contributed by atoms with Gasteiger partial charge in [0.2, 0.25) is 5.96 Å². The van der Waals surface area contributed by atoms with Crippen LogP contribution < -0.4 is 17.2 Å². The van der Waals surface area contributed by atoms with E-state index in [1.165, 1.54) is 0 Å². The lowest BCUT2D eigenvalue weighted by Crippen LogP contribution is -2.26. The highest BCUT2D eigenvalue weighted by molar-refractivity contribution is 5.92. The first-order valence-corrected chi connectivity index (χ1v) is 2.67. The fourth-order valence-corrected chi connectivity index (χ4v) is 0.332. The Kier molecular flexibility index (Phi) is 8.16. The van der Waals surface area contributed by atoms with Gasteiger partial charge in [-0.2, -0.15) is 4.99 Å². The number of nitrogens with two attached hydrogens (primary N) is 3. The van der Waals surface area contributed by atoms with Crippen molar-refractivity contribution in [3.8, 4) is 0 Å². The molecular weight excluding hydrogens is 170 g/mol. The monoisotopic (exact) mass is 181 g/mol. The van der Waals surface area contributed by atoms with Crippen molar-refractivity contribution in [2.24, 2.45) is 27.2 Å². The zero-order chi connectivity index (χ0) is 7.98. The quantitative estimate of drug-likeness (QED) is 0.290. The summed E-state index contributed by atoms with van der Waals surface area (Å²) in [5.74, 6) is -0.159. The van der Waals surface area contributed by atoms with Crippen LogP contribution in [0.15, 0.2) is 9.98 Å². The van der Waals surface area contributed by atoms with Gasteiger partial charge in [-0.1, -0.05) is 0 Å².